The zero-order valence-electron chi connectivity index (χ0n) is 10.4. The fourth-order valence-corrected chi connectivity index (χ4v) is 2.28. The molecule has 0 aliphatic carbocycles. The number of ether oxygens (including phenoxy) is 1. The smallest absolute Gasteiger partial charge is 0.0598 e. The van der Waals surface area contributed by atoms with Crippen LogP contribution in [0.4, 0.5) is 0 Å². The van der Waals surface area contributed by atoms with Gasteiger partial charge in [0.15, 0.2) is 0 Å². The van der Waals surface area contributed by atoms with Crippen molar-refractivity contribution < 1.29 is 4.74 Å². The summed E-state index contributed by atoms with van der Waals surface area (Å²) in [6, 6.07) is 9.01. The van der Waals surface area contributed by atoms with Gasteiger partial charge in [0.25, 0.3) is 0 Å². The molecule has 0 unspecified atom stereocenters. The van der Waals surface area contributed by atoms with Crippen LogP contribution in [0.25, 0.3) is 0 Å². The lowest BCUT2D eigenvalue weighted by molar-refractivity contribution is -0.0582. The first-order chi connectivity index (χ1) is 7.68. The second-order valence-corrected chi connectivity index (χ2v) is 5.08. The van der Waals surface area contributed by atoms with Crippen LogP contribution in [0.1, 0.15) is 30.9 Å². The normalized spacial score (nSPS) is 18.5. The Hall–Kier alpha value is -0.860. The first-order valence-corrected chi connectivity index (χ1v) is 6.01. The van der Waals surface area contributed by atoms with Crippen molar-refractivity contribution in [2.24, 2.45) is 0 Å². The number of likely N-dealkylation sites (N-methyl/N-ethyl adjacent to an activating group) is 1. The molecule has 1 heterocycles. The number of hydrogen-bond donors (Lipinski definition) is 1. The average molecular weight is 219 g/mol. The van der Waals surface area contributed by atoms with Crippen molar-refractivity contribution in [2.45, 2.75) is 25.2 Å². The Kier molecular flexibility index (Phi) is 3.31. The molecule has 88 valence electrons. The first-order valence-electron chi connectivity index (χ1n) is 6.01. The minimum atomic E-state index is 0.213. The van der Waals surface area contributed by atoms with Crippen molar-refractivity contribution in [3.63, 3.8) is 0 Å². The van der Waals surface area contributed by atoms with Crippen LogP contribution in [0, 0.1) is 0 Å². The fraction of sp³-hybridized carbons (Fsp3) is 0.571. The van der Waals surface area contributed by atoms with E-state index < -0.39 is 0 Å². The monoisotopic (exact) mass is 219 g/mol. The van der Waals surface area contributed by atoms with E-state index in [-0.39, 0.29) is 5.41 Å². The number of rotatable bonds is 4. The first kappa shape index (κ1) is 11.6. The largest absolute Gasteiger partial charge is 0.379 e. The number of benzene rings is 1. The van der Waals surface area contributed by atoms with E-state index in [2.05, 4.69) is 43.4 Å². The van der Waals surface area contributed by atoms with Crippen molar-refractivity contribution in [3.05, 3.63) is 35.4 Å². The summed E-state index contributed by atoms with van der Waals surface area (Å²) in [4.78, 5) is 0. The minimum Gasteiger partial charge on any atom is -0.379 e. The van der Waals surface area contributed by atoms with Crippen molar-refractivity contribution in [3.8, 4) is 0 Å². The van der Waals surface area contributed by atoms with Crippen LogP contribution in [0.3, 0.4) is 0 Å². The highest BCUT2D eigenvalue weighted by molar-refractivity contribution is 5.32. The Morgan fingerprint density at radius 2 is 1.88 bits per heavy atom. The molecule has 1 aromatic carbocycles. The third kappa shape index (κ3) is 2.00. The third-order valence-corrected chi connectivity index (χ3v) is 3.46. The SMILES string of the molecule is CNCC1(c2ccc(C(C)C)cc2)COC1. The van der Waals surface area contributed by atoms with Crippen LogP contribution in [0.15, 0.2) is 24.3 Å². The molecule has 2 heteroatoms. The third-order valence-electron chi connectivity index (χ3n) is 3.46. The minimum absolute atomic E-state index is 0.213. The van der Waals surface area contributed by atoms with Crippen molar-refractivity contribution in [2.75, 3.05) is 26.8 Å². The summed E-state index contributed by atoms with van der Waals surface area (Å²) in [6.45, 7) is 7.13. The maximum atomic E-state index is 5.38. The van der Waals surface area contributed by atoms with Crippen molar-refractivity contribution >= 4 is 0 Å². The molecule has 1 saturated heterocycles. The molecule has 0 aromatic heterocycles. The lowest BCUT2D eigenvalue weighted by atomic mass is 9.78. The molecule has 1 aromatic rings. The molecule has 1 fully saturated rings. The quantitative estimate of drug-likeness (QED) is 0.839. The second-order valence-electron chi connectivity index (χ2n) is 5.08. The molecule has 0 amide bonds. The number of nitrogens with one attached hydrogen (secondary N) is 1. The van der Waals surface area contributed by atoms with Gasteiger partial charge in [-0.1, -0.05) is 38.1 Å². The van der Waals surface area contributed by atoms with Crippen LogP contribution >= 0.6 is 0 Å². The predicted octanol–water partition coefficient (Wildman–Crippen LogP) is 2.30. The molecule has 2 rings (SSSR count). The Balaban J connectivity index is 2.20. The highest BCUT2D eigenvalue weighted by atomic mass is 16.5. The highest BCUT2D eigenvalue weighted by Gasteiger charge is 2.39. The van der Waals surface area contributed by atoms with Crippen LogP contribution in [0.2, 0.25) is 0 Å². The summed E-state index contributed by atoms with van der Waals surface area (Å²) in [7, 11) is 2.00. The summed E-state index contributed by atoms with van der Waals surface area (Å²) in [5, 5.41) is 3.27. The molecule has 2 nitrogen and oxygen atoms in total. The summed E-state index contributed by atoms with van der Waals surface area (Å²) in [6.07, 6.45) is 0. The Morgan fingerprint density at radius 1 is 1.25 bits per heavy atom. The predicted molar refractivity (Wildman–Crippen MR) is 67.0 cm³/mol. The average Bonchev–Trinajstić information content (AvgIpc) is 2.23. The van der Waals surface area contributed by atoms with E-state index in [0.717, 1.165) is 19.8 Å². The summed E-state index contributed by atoms with van der Waals surface area (Å²) < 4.78 is 5.38. The van der Waals surface area contributed by atoms with Gasteiger partial charge in [-0.2, -0.15) is 0 Å². The molecule has 0 atom stereocenters. The van der Waals surface area contributed by atoms with Gasteiger partial charge in [0.1, 0.15) is 0 Å². The zero-order chi connectivity index (χ0) is 11.6. The van der Waals surface area contributed by atoms with Crippen molar-refractivity contribution in [1.29, 1.82) is 0 Å². The fourth-order valence-electron chi connectivity index (χ4n) is 2.28. The van der Waals surface area contributed by atoms with Gasteiger partial charge >= 0.3 is 0 Å². The van der Waals surface area contributed by atoms with E-state index in [1.54, 1.807) is 0 Å². The summed E-state index contributed by atoms with van der Waals surface area (Å²) in [5.41, 5.74) is 3.02. The molecule has 0 radical (unpaired) electrons. The van der Waals surface area contributed by atoms with Crippen LogP contribution in [-0.2, 0) is 10.2 Å². The van der Waals surface area contributed by atoms with Gasteiger partial charge in [-0.25, -0.2) is 0 Å². The zero-order valence-corrected chi connectivity index (χ0v) is 10.4. The highest BCUT2D eigenvalue weighted by Crippen LogP contribution is 2.32. The van der Waals surface area contributed by atoms with Gasteiger partial charge in [0.05, 0.1) is 18.6 Å². The Morgan fingerprint density at radius 3 is 2.25 bits per heavy atom. The molecule has 1 aliphatic heterocycles. The molecule has 0 bridgehead atoms. The molecule has 0 saturated carbocycles. The molecule has 16 heavy (non-hydrogen) atoms. The van der Waals surface area contributed by atoms with E-state index in [9.17, 15) is 0 Å². The molecule has 0 spiro atoms. The Labute approximate surface area is 98.0 Å². The van der Waals surface area contributed by atoms with Crippen LogP contribution in [0.5, 0.6) is 0 Å². The Bertz CT molecular complexity index is 338. The maximum Gasteiger partial charge on any atom is 0.0598 e. The summed E-state index contributed by atoms with van der Waals surface area (Å²) in [5.74, 6) is 0.604. The number of hydrogen-bond acceptors (Lipinski definition) is 2. The van der Waals surface area contributed by atoms with E-state index in [1.165, 1.54) is 11.1 Å². The van der Waals surface area contributed by atoms with E-state index >= 15 is 0 Å². The maximum absolute atomic E-state index is 5.38. The molecule has 1 aliphatic rings. The van der Waals surface area contributed by atoms with Gasteiger partial charge in [0, 0.05) is 6.54 Å². The molecular formula is C14H21NO. The lowest BCUT2D eigenvalue weighted by Gasteiger charge is -2.42. The van der Waals surface area contributed by atoms with E-state index in [0.29, 0.717) is 5.92 Å². The molecule has 1 N–H and O–H groups in total. The van der Waals surface area contributed by atoms with Gasteiger partial charge in [-0.15, -0.1) is 0 Å². The molecular weight excluding hydrogens is 198 g/mol. The topological polar surface area (TPSA) is 21.3 Å². The standard InChI is InChI=1S/C14H21NO/c1-11(2)12-4-6-13(7-5-12)14(8-15-3)9-16-10-14/h4-7,11,15H,8-10H2,1-3H3. The van der Waals surface area contributed by atoms with Crippen molar-refractivity contribution in [1.82, 2.24) is 5.32 Å². The van der Waals surface area contributed by atoms with E-state index in [1.807, 2.05) is 7.05 Å². The van der Waals surface area contributed by atoms with Crippen LogP contribution < -0.4 is 5.32 Å². The lowest BCUT2D eigenvalue weighted by Crippen LogP contribution is -2.52. The summed E-state index contributed by atoms with van der Waals surface area (Å²) >= 11 is 0. The van der Waals surface area contributed by atoms with Gasteiger partial charge in [-0.3, -0.25) is 0 Å². The van der Waals surface area contributed by atoms with Gasteiger partial charge < -0.3 is 10.1 Å². The van der Waals surface area contributed by atoms with Gasteiger partial charge in [-0.05, 0) is 24.1 Å². The van der Waals surface area contributed by atoms with Gasteiger partial charge in [0.2, 0.25) is 0 Å². The van der Waals surface area contributed by atoms with E-state index in [4.69, 9.17) is 4.74 Å². The second kappa shape index (κ2) is 4.56. The van der Waals surface area contributed by atoms with Crippen LogP contribution in [-0.4, -0.2) is 26.8 Å².